The summed E-state index contributed by atoms with van der Waals surface area (Å²) < 4.78 is 1.62. The van der Waals surface area contributed by atoms with Crippen molar-refractivity contribution in [1.82, 2.24) is 9.55 Å². The summed E-state index contributed by atoms with van der Waals surface area (Å²) in [5, 5.41) is 2.87. The van der Waals surface area contributed by atoms with Crippen molar-refractivity contribution in [3.05, 3.63) is 94.2 Å². The zero-order valence-corrected chi connectivity index (χ0v) is 13.3. The van der Waals surface area contributed by atoms with Crippen molar-refractivity contribution in [3.63, 3.8) is 0 Å². The largest absolute Gasteiger partial charge is 0.322 e. The van der Waals surface area contributed by atoms with E-state index in [1.165, 1.54) is 6.07 Å². The summed E-state index contributed by atoms with van der Waals surface area (Å²) in [5.41, 5.74) is 2.79. The number of carbonyl (C=O) groups excluding carboxylic acids is 1. The first-order chi connectivity index (χ1) is 11.6. The average Bonchev–Trinajstić information content (AvgIpc) is 2.58. The third-order valence-corrected chi connectivity index (χ3v) is 3.69. The fourth-order valence-corrected chi connectivity index (χ4v) is 2.46. The Morgan fingerprint density at radius 2 is 2.00 bits per heavy atom. The number of pyridine rings is 2. The third kappa shape index (κ3) is 3.57. The molecule has 0 bridgehead atoms. The molecule has 0 spiro atoms. The highest BCUT2D eigenvalue weighted by molar-refractivity contribution is 6.04. The first kappa shape index (κ1) is 15.7. The van der Waals surface area contributed by atoms with E-state index in [4.69, 9.17) is 0 Å². The summed E-state index contributed by atoms with van der Waals surface area (Å²) in [5.74, 6) is -0.199. The zero-order chi connectivity index (χ0) is 16.9. The lowest BCUT2D eigenvalue weighted by Crippen LogP contribution is -2.18. The zero-order valence-electron chi connectivity index (χ0n) is 13.3. The summed E-state index contributed by atoms with van der Waals surface area (Å²) in [4.78, 5) is 28.3. The predicted molar refractivity (Wildman–Crippen MR) is 93.2 cm³/mol. The Labute approximate surface area is 139 Å². The van der Waals surface area contributed by atoms with Gasteiger partial charge in [0.1, 0.15) is 0 Å². The Morgan fingerprint density at radius 3 is 2.79 bits per heavy atom. The summed E-state index contributed by atoms with van der Waals surface area (Å²) in [6.07, 6.45) is 3.40. The van der Waals surface area contributed by atoms with Crippen molar-refractivity contribution < 1.29 is 4.79 Å². The maximum absolute atomic E-state index is 12.4. The van der Waals surface area contributed by atoms with E-state index in [9.17, 15) is 9.59 Å². The average molecular weight is 319 g/mol. The number of rotatable bonds is 4. The van der Waals surface area contributed by atoms with Crippen LogP contribution in [0, 0.1) is 6.92 Å². The third-order valence-electron chi connectivity index (χ3n) is 3.69. The van der Waals surface area contributed by atoms with E-state index < -0.39 is 0 Å². The molecule has 0 aliphatic rings. The molecule has 0 fully saturated rings. The van der Waals surface area contributed by atoms with Crippen molar-refractivity contribution in [2.75, 3.05) is 5.32 Å². The van der Waals surface area contributed by atoms with Gasteiger partial charge in [-0.1, -0.05) is 18.2 Å². The molecule has 3 aromatic rings. The molecule has 120 valence electrons. The molecule has 5 nitrogen and oxygen atoms in total. The number of aryl methyl sites for hydroxylation is 1. The number of carbonyl (C=O) groups is 1. The summed E-state index contributed by atoms with van der Waals surface area (Å²) in [6.45, 7) is 2.25. The standard InChI is InChI=1S/C19H17N3O2/c1-14-17(8-5-10-20-14)19(24)21-16-7-4-6-15(12-16)13-22-11-3-2-9-18(22)23/h2-12H,13H2,1H3,(H,21,24). The van der Waals surface area contributed by atoms with Crippen LogP contribution in [0.15, 0.2) is 71.8 Å². The first-order valence-corrected chi connectivity index (χ1v) is 7.61. The van der Waals surface area contributed by atoms with Crippen LogP contribution in [0.1, 0.15) is 21.6 Å². The molecule has 1 amide bonds. The molecule has 0 aliphatic heterocycles. The molecule has 3 rings (SSSR count). The molecule has 0 saturated carbocycles. The van der Waals surface area contributed by atoms with Crippen molar-refractivity contribution in [3.8, 4) is 0 Å². The highest BCUT2D eigenvalue weighted by Gasteiger charge is 2.09. The second-order valence-electron chi connectivity index (χ2n) is 5.46. The maximum atomic E-state index is 12.4. The summed E-state index contributed by atoms with van der Waals surface area (Å²) >= 11 is 0. The van der Waals surface area contributed by atoms with E-state index in [-0.39, 0.29) is 11.5 Å². The monoisotopic (exact) mass is 319 g/mol. The molecule has 0 aliphatic carbocycles. The second kappa shape index (κ2) is 6.91. The Kier molecular flexibility index (Phi) is 4.52. The number of aromatic nitrogens is 2. The van der Waals surface area contributed by atoms with Crippen LogP contribution in [0.2, 0.25) is 0 Å². The maximum Gasteiger partial charge on any atom is 0.257 e. The number of nitrogens with one attached hydrogen (secondary N) is 1. The topological polar surface area (TPSA) is 64.0 Å². The summed E-state index contributed by atoms with van der Waals surface area (Å²) in [7, 11) is 0. The van der Waals surface area contributed by atoms with Crippen LogP contribution in [-0.4, -0.2) is 15.5 Å². The van der Waals surface area contributed by atoms with Crippen LogP contribution in [0.3, 0.4) is 0 Å². The van der Waals surface area contributed by atoms with Gasteiger partial charge < -0.3 is 9.88 Å². The molecule has 2 aromatic heterocycles. The highest BCUT2D eigenvalue weighted by Crippen LogP contribution is 2.14. The van der Waals surface area contributed by atoms with Gasteiger partial charge in [0.15, 0.2) is 0 Å². The Balaban J connectivity index is 1.79. The Hall–Kier alpha value is -3.21. The van der Waals surface area contributed by atoms with E-state index in [1.807, 2.05) is 30.3 Å². The van der Waals surface area contributed by atoms with Gasteiger partial charge in [-0.15, -0.1) is 0 Å². The lowest BCUT2D eigenvalue weighted by molar-refractivity contribution is 0.102. The fourth-order valence-electron chi connectivity index (χ4n) is 2.46. The van der Waals surface area contributed by atoms with Crippen LogP contribution < -0.4 is 10.9 Å². The minimum atomic E-state index is -0.199. The molecule has 0 radical (unpaired) electrons. The van der Waals surface area contributed by atoms with Crippen molar-refractivity contribution >= 4 is 11.6 Å². The molecule has 0 unspecified atom stereocenters. The number of amides is 1. The molecule has 24 heavy (non-hydrogen) atoms. The molecule has 1 aromatic carbocycles. The second-order valence-corrected chi connectivity index (χ2v) is 5.46. The van der Waals surface area contributed by atoms with E-state index in [2.05, 4.69) is 10.3 Å². The van der Waals surface area contributed by atoms with Crippen LogP contribution in [-0.2, 0) is 6.54 Å². The van der Waals surface area contributed by atoms with E-state index in [0.29, 0.717) is 23.5 Å². The fraction of sp³-hybridized carbons (Fsp3) is 0.105. The first-order valence-electron chi connectivity index (χ1n) is 7.61. The minimum absolute atomic E-state index is 0.0575. The number of anilines is 1. The molecule has 5 heteroatoms. The summed E-state index contributed by atoms with van der Waals surface area (Å²) in [6, 6.07) is 16.0. The van der Waals surface area contributed by atoms with Gasteiger partial charge in [0.2, 0.25) is 0 Å². The highest BCUT2D eigenvalue weighted by atomic mass is 16.1. The van der Waals surface area contributed by atoms with Crippen molar-refractivity contribution in [2.45, 2.75) is 13.5 Å². The van der Waals surface area contributed by atoms with Gasteiger partial charge in [-0.3, -0.25) is 14.6 Å². The lowest BCUT2D eigenvalue weighted by atomic mass is 10.1. The van der Waals surface area contributed by atoms with Crippen molar-refractivity contribution in [2.24, 2.45) is 0 Å². The molecular formula is C19H17N3O2. The Bertz CT molecular complexity index is 931. The van der Waals surface area contributed by atoms with Gasteiger partial charge in [0.25, 0.3) is 11.5 Å². The lowest BCUT2D eigenvalue weighted by Gasteiger charge is -2.10. The quantitative estimate of drug-likeness (QED) is 0.804. The van der Waals surface area contributed by atoms with E-state index in [0.717, 1.165) is 5.56 Å². The van der Waals surface area contributed by atoms with Crippen LogP contribution >= 0.6 is 0 Å². The molecule has 1 N–H and O–H groups in total. The van der Waals surface area contributed by atoms with Gasteiger partial charge in [-0.2, -0.15) is 0 Å². The number of hydrogen-bond donors (Lipinski definition) is 1. The number of benzene rings is 1. The smallest absolute Gasteiger partial charge is 0.257 e. The SMILES string of the molecule is Cc1ncccc1C(=O)Nc1cccc(Cn2ccccc2=O)c1. The van der Waals surface area contributed by atoms with E-state index >= 15 is 0 Å². The van der Waals surface area contributed by atoms with Gasteiger partial charge in [0.05, 0.1) is 12.1 Å². The predicted octanol–water partition coefficient (Wildman–Crippen LogP) is 2.85. The van der Waals surface area contributed by atoms with Crippen LogP contribution in [0.4, 0.5) is 5.69 Å². The van der Waals surface area contributed by atoms with Crippen LogP contribution in [0.25, 0.3) is 0 Å². The molecule has 2 heterocycles. The number of hydrogen-bond acceptors (Lipinski definition) is 3. The van der Waals surface area contributed by atoms with Crippen molar-refractivity contribution in [1.29, 1.82) is 0 Å². The van der Waals surface area contributed by atoms with Gasteiger partial charge >= 0.3 is 0 Å². The normalized spacial score (nSPS) is 10.4. The van der Waals surface area contributed by atoms with E-state index in [1.54, 1.807) is 42.1 Å². The van der Waals surface area contributed by atoms with Gasteiger partial charge in [-0.25, -0.2) is 0 Å². The molecular weight excluding hydrogens is 302 g/mol. The molecule has 0 saturated heterocycles. The molecule has 0 atom stereocenters. The van der Waals surface area contributed by atoms with Crippen LogP contribution in [0.5, 0.6) is 0 Å². The number of nitrogens with zero attached hydrogens (tertiary/aromatic N) is 2. The van der Waals surface area contributed by atoms with Gasteiger partial charge in [-0.05, 0) is 42.8 Å². The minimum Gasteiger partial charge on any atom is -0.322 e. The van der Waals surface area contributed by atoms with Gasteiger partial charge in [0, 0.05) is 29.8 Å². The Morgan fingerprint density at radius 1 is 1.12 bits per heavy atom.